The van der Waals surface area contributed by atoms with Gasteiger partial charge in [-0.25, -0.2) is 4.79 Å². The molecule has 0 aliphatic carbocycles. The summed E-state index contributed by atoms with van der Waals surface area (Å²) in [5.41, 5.74) is -0.120. The fraction of sp³-hybridized carbons (Fsp3) is 0.286. The summed E-state index contributed by atoms with van der Waals surface area (Å²) in [5, 5.41) is 0. The van der Waals surface area contributed by atoms with Crippen molar-refractivity contribution in [3.05, 3.63) is 62.9 Å². The van der Waals surface area contributed by atoms with Crippen molar-refractivity contribution in [1.29, 1.82) is 0 Å². The number of hydrogen-bond acceptors (Lipinski definition) is 3. The average molecular weight is 260 g/mol. The van der Waals surface area contributed by atoms with Crippen LogP contribution in [-0.2, 0) is 13.0 Å². The Kier molecular flexibility index (Phi) is 4.18. The zero-order valence-electron chi connectivity index (χ0n) is 10.8. The fourth-order valence-electron chi connectivity index (χ4n) is 1.75. The number of nitrogens with one attached hydrogen (secondary N) is 1. The summed E-state index contributed by atoms with van der Waals surface area (Å²) in [5.74, 6) is 0.760. The van der Waals surface area contributed by atoms with Gasteiger partial charge in [0.15, 0.2) is 0 Å². The predicted octanol–water partition coefficient (Wildman–Crippen LogP) is 1.18. The van der Waals surface area contributed by atoms with Crippen LogP contribution < -0.4 is 16.0 Å². The number of para-hydroxylation sites is 1. The van der Waals surface area contributed by atoms with Crippen LogP contribution in [0.25, 0.3) is 0 Å². The first-order valence-electron chi connectivity index (χ1n) is 6.21. The van der Waals surface area contributed by atoms with E-state index in [-0.39, 0.29) is 5.56 Å². The molecule has 0 bridgehead atoms. The Morgan fingerprint density at radius 3 is 2.63 bits per heavy atom. The average Bonchev–Trinajstić information content (AvgIpc) is 2.42. The third-order valence-corrected chi connectivity index (χ3v) is 2.81. The molecule has 0 unspecified atom stereocenters. The molecule has 0 fully saturated rings. The molecular weight excluding hydrogens is 244 g/mol. The maximum atomic E-state index is 11.6. The van der Waals surface area contributed by atoms with Crippen molar-refractivity contribution in [3.63, 3.8) is 0 Å². The normalized spacial score (nSPS) is 10.4. The van der Waals surface area contributed by atoms with Crippen molar-refractivity contribution in [2.75, 3.05) is 6.61 Å². The first kappa shape index (κ1) is 13.1. The Hall–Kier alpha value is -2.30. The van der Waals surface area contributed by atoms with Gasteiger partial charge in [0, 0.05) is 11.8 Å². The molecule has 0 amide bonds. The number of H-pyrrole nitrogens is 1. The Balaban J connectivity index is 2.04. The molecule has 1 N–H and O–H groups in total. The Morgan fingerprint density at radius 1 is 1.21 bits per heavy atom. The fourth-order valence-corrected chi connectivity index (χ4v) is 1.75. The second kappa shape index (κ2) is 6.04. The van der Waals surface area contributed by atoms with E-state index in [1.807, 2.05) is 37.3 Å². The number of aryl methyl sites for hydroxylation is 1. The number of aromatic amines is 1. The summed E-state index contributed by atoms with van der Waals surface area (Å²) < 4.78 is 6.98. The molecule has 19 heavy (non-hydrogen) atoms. The summed E-state index contributed by atoms with van der Waals surface area (Å²) in [4.78, 5) is 25.3. The molecule has 5 heteroatoms. The third kappa shape index (κ3) is 3.34. The molecule has 0 aliphatic rings. The van der Waals surface area contributed by atoms with Gasteiger partial charge in [-0.1, -0.05) is 25.1 Å². The lowest BCUT2D eigenvalue weighted by Gasteiger charge is -2.08. The highest BCUT2D eigenvalue weighted by Crippen LogP contribution is 2.07. The smallest absolute Gasteiger partial charge is 0.328 e. The maximum Gasteiger partial charge on any atom is 0.328 e. The Morgan fingerprint density at radius 2 is 1.95 bits per heavy atom. The van der Waals surface area contributed by atoms with Crippen molar-refractivity contribution in [3.8, 4) is 5.75 Å². The van der Waals surface area contributed by atoms with E-state index in [1.54, 1.807) is 6.20 Å². The highest BCUT2D eigenvalue weighted by molar-refractivity contribution is 5.20. The van der Waals surface area contributed by atoms with Crippen molar-refractivity contribution in [2.24, 2.45) is 0 Å². The van der Waals surface area contributed by atoms with Crippen LogP contribution in [-0.4, -0.2) is 16.2 Å². The number of benzene rings is 1. The maximum absolute atomic E-state index is 11.6. The molecule has 1 aromatic heterocycles. The van der Waals surface area contributed by atoms with Crippen LogP contribution in [0.3, 0.4) is 0 Å². The zero-order chi connectivity index (χ0) is 13.7. The first-order chi connectivity index (χ1) is 9.20. The van der Waals surface area contributed by atoms with Gasteiger partial charge in [-0.05, 0) is 18.6 Å². The lowest BCUT2D eigenvalue weighted by molar-refractivity contribution is 0.295. The molecule has 0 radical (unpaired) electrons. The van der Waals surface area contributed by atoms with Gasteiger partial charge in [0.2, 0.25) is 0 Å². The summed E-state index contributed by atoms with van der Waals surface area (Å²) in [7, 11) is 0. The SMILES string of the molecule is CCc1cn(CCOc2ccccc2)c(=O)[nH]c1=O. The second-order valence-electron chi connectivity index (χ2n) is 4.12. The van der Waals surface area contributed by atoms with Crippen LogP contribution in [0.15, 0.2) is 46.1 Å². The summed E-state index contributed by atoms with van der Waals surface area (Å²) in [6.45, 7) is 2.65. The minimum absolute atomic E-state index is 0.312. The van der Waals surface area contributed by atoms with Crippen LogP contribution in [0.2, 0.25) is 0 Å². The van der Waals surface area contributed by atoms with Crippen LogP contribution in [0.4, 0.5) is 0 Å². The molecule has 2 rings (SSSR count). The first-order valence-corrected chi connectivity index (χ1v) is 6.21. The molecule has 0 spiro atoms. The van der Waals surface area contributed by atoms with Gasteiger partial charge in [-0.15, -0.1) is 0 Å². The number of nitrogens with zero attached hydrogens (tertiary/aromatic N) is 1. The summed E-state index contributed by atoms with van der Waals surface area (Å²) >= 11 is 0. The molecule has 0 saturated heterocycles. The van der Waals surface area contributed by atoms with Gasteiger partial charge in [0.25, 0.3) is 5.56 Å². The Bertz CT molecular complexity index is 644. The van der Waals surface area contributed by atoms with Gasteiger partial charge in [-0.2, -0.15) is 0 Å². The van der Waals surface area contributed by atoms with E-state index in [0.717, 1.165) is 5.75 Å². The highest BCUT2D eigenvalue weighted by atomic mass is 16.5. The van der Waals surface area contributed by atoms with E-state index in [0.29, 0.717) is 25.1 Å². The van der Waals surface area contributed by atoms with Gasteiger partial charge in [0.1, 0.15) is 12.4 Å². The highest BCUT2D eigenvalue weighted by Gasteiger charge is 2.03. The van der Waals surface area contributed by atoms with Gasteiger partial charge in [0.05, 0.1) is 6.54 Å². The number of hydrogen-bond donors (Lipinski definition) is 1. The van der Waals surface area contributed by atoms with E-state index in [1.165, 1.54) is 4.57 Å². The number of aromatic nitrogens is 2. The standard InChI is InChI=1S/C14H16N2O3/c1-2-11-10-16(14(18)15-13(11)17)8-9-19-12-6-4-3-5-7-12/h3-7,10H,2,8-9H2,1H3,(H,15,17,18). The largest absolute Gasteiger partial charge is 0.492 e. The quantitative estimate of drug-likeness (QED) is 0.878. The van der Waals surface area contributed by atoms with Gasteiger partial charge >= 0.3 is 5.69 Å². The second-order valence-corrected chi connectivity index (χ2v) is 4.12. The van der Waals surface area contributed by atoms with Crippen molar-refractivity contribution >= 4 is 0 Å². The van der Waals surface area contributed by atoms with E-state index < -0.39 is 5.69 Å². The Labute approximate surface area is 110 Å². The molecule has 1 aromatic carbocycles. The zero-order valence-corrected chi connectivity index (χ0v) is 10.8. The minimum atomic E-state index is -0.404. The van der Waals surface area contributed by atoms with Crippen molar-refractivity contribution < 1.29 is 4.74 Å². The molecular formula is C14H16N2O3. The van der Waals surface area contributed by atoms with E-state index in [2.05, 4.69) is 4.98 Å². The summed E-state index contributed by atoms with van der Waals surface area (Å²) in [6.07, 6.45) is 2.19. The lowest BCUT2D eigenvalue weighted by Crippen LogP contribution is -2.32. The van der Waals surface area contributed by atoms with Crippen molar-refractivity contribution in [1.82, 2.24) is 9.55 Å². The monoisotopic (exact) mass is 260 g/mol. The molecule has 2 aromatic rings. The van der Waals surface area contributed by atoms with E-state index in [9.17, 15) is 9.59 Å². The minimum Gasteiger partial charge on any atom is -0.492 e. The number of ether oxygens (including phenoxy) is 1. The van der Waals surface area contributed by atoms with Gasteiger partial charge in [-0.3, -0.25) is 14.3 Å². The molecule has 1 heterocycles. The van der Waals surface area contributed by atoms with Crippen LogP contribution in [0.5, 0.6) is 5.75 Å². The molecule has 0 aliphatic heterocycles. The molecule has 5 nitrogen and oxygen atoms in total. The molecule has 100 valence electrons. The van der Waals surface area contributed by atoms with Crippen LogP contribution in [0, 0.1) is 0 Å². The van der Waals surface area contributed by atoms with Crippen LogP contribution >= 0.6 is 0 Å². The van der Waals surface area contributed by atoms with Crippen molar-refractivity contribution in [2.45, 2.75) is 19.9 Å². The molecule has 0 saturated carbocycles. The summed E-state index contributed by atoms with van der Waals surface area (Å²) in [6, 6.07) is 9.39. The third-order valence-electron chi connectivity index (χ3n) is 2.81. The molecule has 0 atom stereocenters. The lowest BCUT2D eigenvalue weighted by atomic mass is 10.3. The van der Waals surface area contributed by atoms with E-state index in [4.69, 9.17) is 4.74 Å². The topological polar surface area (TPSA) is 64.1 Å². The predicted molar refractivity (Wildman–Crippen MR) is 72.6 cm³/mol. The van der Waals surface area contributed by atoms with E-state index >= 15 is 0 Å². The van der Waals surface area contributed by atoms with Gasteiger partial charge < -0.3 is 4.74 Å². The number of rotatable bonds is 5. The van der Waals surface area contributed by atoms with Crippen LogP contribution in [0.1, 0.15) is 12.5 Å².